The van der Waals surface area contributed by atoms with E-state index in [9.17, 15) is 0 Å². The normalized spacial score (nSPS) is 13.3. The molecule has 1 aliphatic rings. The van der Waals surface area contributed by atoms with Crippen molar-refractivity contribution in [2.45, 2.75) is 19.3 Å². The molecular formula is C43H31NO. The standard InChI is InChI=1S/C43H31NO/c1-43(2)38-17-9-8-15-35(38)37-27-32(24-26-39(37)43)44(30-12-4-3-5-13-30)31-22-19-29(20-23-31)33-16-10-18-40-41(33)36-25-21-28-11-6-7-14-34(28)42(36)45-40/h3-27H,1-2H3. The minimum absolute atomic E-state index is 0.0196. The van der Waals surface area contributed by atoms with Gasteiger partial charge in [-0.1, -0.05) is 117 Å². The SMILES string of the molecule is CC1(C)c2ccccc2-c2cc(N(c3ccccc3)c3ccc(-c4cccc5oc6c7ccccc7ccc6c45)cc3)ccc21. The Bertz CT molecular complexity index is 2400. The Morgan fingerprint density at radius 1 is 0.489 bits per heavy atom. The number of furan rings is 1. The lowest BCUT2D eigenvalue weighted by atomic mass is 9.82. The van der Waals surface area contributed by atoms with Crippen LogP contribution in [0.2, 0.25) is 0 Å². The molecule has 0 bridgehead atoms. The second-order valence-electron chi connectivity index (χ2n) is 12.6. The third kappa shape index (κ3) is 3.89. The molecule has 0 spiro atoms. The van der Waals surface area contributed by atoms with Gasteiger partial charge in [0.2, 0.25) is 0 Å². The van der Waals surface area contributed by atoms with E-state index < -0.39 is 0 Å². The summed E-state index contributed by atoms with van der Waals surface area (Å²) in [5, 5.41) is 4.64. The highest BCUT2D eigenvalue weighted by Gasteiger charge is 2.35. The molecule has 0 saturated carbocycles. The van der Waals surface area contributed by atoms with E-state index in [4.69, 9.17) is 4.42 Å². The van der Waals surface area contributed by atoms with Gasteiger partial charge in [0.1, 0.15) is 11.2 Å². The Morgan fingerprint density at radius 2 is 1.18 bits per heavy atom. The zero-order valence-electron chi connectivity index (χ0n) is 25.3. The van der Waals surface area contributed by atoms with E-state index in [0.29, 0.717) is 0 Å². The number of hydrogen-bond acceptors (Lipinski definition) is 2. The topological polar surface area (TPSA) is 16.4 Å². The van der Waals surface area contributed by atoms with Gasteiger partial charge in [-0.05, 0) is 87.3 Å². The van der Waals surface area contributed by atoms with Gasteiger partial charge >= 0.3 is 0 Å². The van der Waals surface area contributed by atoms with Crippen molar-refractivity contribution in [1.82, 2.24) is 0 Å². The molecular weight excluding hydrogens is 546 g/mol. The van der Waals surface area contributed by atoms with Gasteiger partial charge in [-0.15, -0.1) is 0 Å². The average Bonchev–Trinajstić information content (AvgIpc) is 3.59. The van der Waals surface area contributed by atoms with E-state index in [1.54, 1.807) is 0 Å². The number of para-hydroxylation sites is 1. The van der Waals surface area contributed by atoms with E-state index in [2.05, 4.69) is 170 Å². The molecule has 0 unspecified atom stereocenters. The summed E-state index contributed by atoms with van der Waals surface area (Å²) in [5.41, 5.74) is 13.0. The summed E-state index contributed by atoms with van der Waals surface area (Å²) >= 11 is 0. The number of hydrogen-bond donors (Lipinski definition) is 0. The Hall–Kier alpha value is -5.60. The minimum atomic E-state index is -0.0196. The van der Waals surface area contributed by atoms with Crippen LogP contribution in [0.25, 0.3) is 55.0 Å². The van der Waals surface area contributed by atoms with Gasteiger partial charge in [-0.2, -0.15) is 0 Å². The van der Waals surface area contributed by atoms with Crippen LogP contribution in [0.4, 0.5) is 17.1 Å². The molecule has 8 aromatic rings. The Labute approximate surface area is 262 Å². The number of anilines is 3. The summed E-state index contributed by atoms with van der Waals surface area (Å²) in [7, 11) is 0. The lowest BCUT2D eigenvalue weighted by molar-refractivity contribution is 0.660. The molecule has 2 nitrogen and oxygen atoms in total. The van der Waals surface area contributed by atoms with Crippen LogP contribution in [0.3, 0.4) is 0 Å². The largest absolute Gasteiger partial charge is 0.455 e. The highest BCUT2D eigenvalue weighted by molar-refractivity contribution is 6.19. The van der Waals surface area contributed by atoms with Crippen LogP contribution in [-0.4, -0.2) is 0 Å². The maximum absolute atomic E-state index is 6.47. The van der Waals surface area contributed by atoms with Crippen molar-refractivity contribution in [2.75, 3.05) is 4.90 Å². The van der Waals surface area contributed by atoms with Gasteiger partial charge in [0.25, 0.3) is 0 Å². The van der Waals surface area contributed by atoms with Gasteiger partial charge in [-0.25, -0.2) is 0 Å². The fourth-order valence-corrected chi connectivity index (χ4v) is 7.46. The molecule has 9 rings (SSSR count). The van der Waals surface area contributed by atoms with Crippen LogP contribution in [0.1, 0.15) is 25.0 Å². The molecule has 2 heteroatoms. The van der Waals surface area contributed by atoms with Crippen LogP contribution in [0.5, 0.6) is 0 Å². The maximum Gasteiger partial charge on any atom is 0.143 e. The van der Waals surface area contributed by atoms with Gasteiger partial charge in [-0.3, -0.25) is 0 Å². The lowest BCUT2D eigenvalue weighted by Crippen LogP contribution is -2.15. The molecule has 0 atom stereocenters. The highest BCUT2D eigenvalue weighted by atomic mass is 16.3. The number of rotatable bonds is 4. The maximum atomic E-state index is 6.47. The molecule has 0 radical (unpaired) electrons. The number of nitrogens with zero attached hydrogens (tertiary/aromatic N) is 1. The van der Waals surface area contributed by atoms with Crippen molar-refractivity contribution >= 4 is 49.8 Å². The quantitative estimate of drug-likeness (QED) is 0.207. The van der Waals surface area contributed by atoms with Gasteiger partial charge < -0.3 is 9.32 Å². The second-order valence-corrected chi connectivity index (χ2v) is 12.6. The van der Waals surface area contributed by atoms with E-state index in [-0.39, 0.29) is 5.41 Å². The van der Waals surface area contributed by atoms with Crippen LogP contribution in [0, 0.1) is 0 Å². The molecule has 1 heterocycles. The molecule has 45 heavy (non-hydrogen) atoms. The van der Waals surface area contributed by atoms with Crippen LogP contribution >= 0.6 is 0 Å². The third-order valence-corrected chi connectivity index (χ3v) is 9.66. The van der Waals surface area contributed by atoms with Crippen molar-refractivity contribution in [1.29, 1.82) is 0 Å². The van der Waals surface area contributed by atoms with E-state index >= 15 is 0 Å². The second kappa shape index (κ2) is 9.70. The summed E-state index contributed by atoms with van der Waals surface area (Å²) in [6.45, 7) is 4.66. The number of benzene rings is 7. The fraction of sp³-hybridized carbons (Fsp3) is 0.0698. The molecule has 0 aliphatic heterocycles. The van der Waals surface area contributed by atoms with E-state index in [1.165, 1.54) is 33.2 Å². The monoisotopic (exact) mass is 577 g/mol. The molecule has 214 valence electrons. The van der Waals surface area contributed by atoms with Crippen LogP contribution in [-0.2, 0) is 5.41 Å². The highest BCUT2D eigenvalue weighted by Crippen LogP contribution is 2.50. The summed E-state index contributed by atoms with van der Waals surface area (Å²) < 4.78 is 6.47. The van der Waals surface area contributed by atoms with Crippen molar-refractivity contribution in [2.24, 2.45) is 0 Å². The lowest BCUT2D eigenvalue weighted by Gasteiger charge is -2.27. The summed E-state index contributed by atoms with van der Waals surface area (Å²) in [6.07, 6.45) is 0. The molecule has 0 fully saturated rings. The third-order valence-electron chi connectivity index (χ3n) is 9.66. The molecule has 0 N–H and O–H groups in total. The first kappa shape index (κ1) is 25.9. The summed E-state index contributed by atoms with van der Waals surface area (Å²) in [6, 6.07) is 54.6. The van der Waals surface area contributed by atoms with Crippen molar-refractivity contribution in [3.05, 3.63) is 163 Å². The molecule has 0 saturated heterocycles. The van der Waals surface area contributed by atoms with Gasteiger partial charge in [0, 0.05) is 38.6 Å². The van der Waals surface area contributed by atoms with E-state index in [1.807, 2.05) is 0 Å². The number of fused-ring (bicyclic) bond motifs is 8. The van der Waals surface area contributed by atoms with E-state index in [0.717, 1.165) is 50.0 Å². The molecule has 7 aromatic carbocycles. The molecule has 1 aromatic heterocycles. The zero-order valence-corrected chi connectivity index (χ0v) is 25.3. The minimum Gasteiger partial charge on any atom is -0.455 e. The van der Waals surface area contributed by atoms with Crippen LogP contribution in [0.15, 0.2) is 156 Å². The van der Waals surface area contributed by atoms with Crippen molar-refractivity contribution in [3.63, 3.8) is 0 Å². The first-order chi connectivity index (χ1) is 22.1. The smallest absolute Gasteiger partial charge is 0.143 e. The molecule has 1 aliphatic carbocycles. The summed E-state index contributed by atoms with van der Waals surface area (Å²) in [5.74, 6) is 0. The zero-order chi connectivity index (χ0) is 30.1. The first-order valence-corrected chi connectivity index (χ1v) is 15.6. The first-order valence-electron chi connectivity index (χ1n) is 15.6. The van der Waals surface area contributed by atoms with Gasteiger partial charge in [0.05, 0.1) is 0 Å². The van der Waals surface area contributed by atoms with Crippen LogP contribution < -0.4 is 4.90 Å². The predicted octanol–water partition coefficient (Wildman–Crippen LogP) is 12.2. The Morgan fingerprint density at radius 3 is 2.04 bits per heavy atom. The predicted molar refractivity (Wildman–Crippen MR) is 189 cm³/mol. The van der Waals surface area contributed by atoms with Gasteiger partial charge in [0.15, 0.2) is 0 Å². The Balaban J connectivity index is 1.17. The fourth-order valence-electron chi connectivity index (χ4n) is 7.46. The van der Waals surface area contributed by atoms with Crippen molar-refractivity contribution < 1.29 is 4.42 Å². The Kier molecular flexibility index (Phi) is 5.58. The summed E-state index contributed by atoms with van der Waals surface area (Å²) in [4.78, 5) is 2.36. The van der Waals surface area contributed by atoms with Crippen molar-refractivity contribution in [3.8, 4) is 22.3 Å². The molecule has 0 amide bonds. The average molecular weight is 578 g/mol.